The lowest BCUT2D eigenvalue weighted by Gasteiger charge is -2.40. The van der Waals surface area contributed by atoms with E-state index in [0.29, 0.717) is 5.82 Å². The maximum atomic E-state index is 6.84. The Morgan fingerprint density at radius 1 is 1.03 bits per heavy atom. The summed E-state index contributed by atoms with van der Waals surface area (Å²) >= 11 is 13.5. The van der Waals surface area contributed by atoms with Crippen LogP contribution in [0.15, 0.2) is 66.7 Å². The van der Waals surface area contributed by atoms with E-state index in [0.717, 1.165) is 41.7 Å². The zero-order valence-electron chi connectivity index (χ0n) is 21.9. The topological polar surface area (TPSA) is 69.7 Å². The van der Waals surface area contributed by atoms with Crippen LogP contribution >= 0.6 is 23.2 Å². The SMILES string of the molecule is CC(C)(C)CC1NC[C@H](c2ccccc2Cl)[C@]12CN(Cc1ccc(-c3nn[nH]n3)cc1)c1ccc(Cl)cc12. The fraction of sp³-hybridized carbons (Fsp3) is 0.367. The number of nitrogens with zero attached hydrogens (tertiary/aromatic N) is 4. The van der Waals surface area contributed by atoms with Crippen molar-refractivity contribution in [1.82, 2.24) is 25.9 Å². The molecule has 3 heterocycles. The number of rotatable bonds is 5. The minimum atomic E-state index is -0.164. The summed E-state index contributed by atoms with van der Waals surface area (Å²) in [5.41, 5.74) is 5.93. The van der Waals surface area contributed by atoms with E-state index < -0.39 is 0 Å². The molecule has 196 valence electrons. The molecule has 2 N–H and O–H groups in total. The first kappa shape index (κ1) is 25.4. The predicted octanol–water partition coefficient (Wildman–Crippen LogP) is 6.62. The molecule has 4 aromatic rings. The van der Waals surface area contributed by atoms with E-state index in [2.05, 4.69) is 100 Å². The summed E-state index contributed by atoms with van der Waals surface area (Å²) in [6, 6.07) is 23.4. The Balaban J connectivity index is 1.42. The standard InChI is InChI=1S/C30H32Cl2N6/c1-29(2,3)15-27-30(24(16-33-27)22-6-4-5-7-25(22)32)18-38(26-13-12-21(31)14-23(26)30)17-19-8-10-20(11-9-19)28-34-36-37-35-28/h4-14,24,27,33H,15-18H2,1-3H3,(H,34,35,36,37)/t24-,27?,30-/m1/s1. The Morgan fingerprint density at radius 3 is 2.53 bits per heavy atom. The number of tetrazole rings is 1. The molecule has 1 fully saturated rings. The molecule has 0 amide bonds. The number of benzene rings is 3. The molecule has 3 atom stereocenters. The van der Waals surface area contributed by atoms with Gasteiger partial charge < -0.3 is 10.2 Å². The van der Waals surface area contributed by atoms with Crippen LogP contribution in [0.2, 0.25) is 10.0 Å². The Morgan fingerprint density at radius 2 is 1.82 bits per heavy atom. The fourth-order valence-electron chi connectivity index (χ4n) is 6.52. The van der Waals surface area contributed by atoms with Crippen molar-refractivity contribution in [2.75, 3.05) is 18.0 Å². The van der Waals surface area contributed by atoms with E-state index in [1.165, 1.54) is 22.4 Å². The van der Waals surface area contributed by atoms with Crippen LogP contribution < -0.4 is 10.2 Å². The molecule has 1 unspecified atom stereocenters. The highest BCUT2D eigenvalue weighted by atomic mass is 35.5. The second kappa shape index (κ2) is 9.67. The molecule has 3 aromatic carbocycles. The van der Waals surface area contributed by atoms with E-state index >= 15 is 0 Å². The number of hydrogen-bond acceptors (Lipinski definition) is 5. The molecule has 6 nitrogen and oxygen atoms in total. The van der Waals surface area contributed by atoms with E-state index in [9.17, 15) is 0 Å². The van der Waals surface area contributed by atoms with Gasteiger partial charge in [0.05, 0.1) is 0 Å². The molecule has 0 radical (unpaired) electrons. The molecular weight excluding hydrogens is 515 g/mol. The van der Waals surface area contributed by atoms with Crippen LogP contribution in [-0.4, -0.2) is 39.8 Å². The molecule has 0 bridgehead atoms. The van der Waals surface area contributed by atoms with Gasteiger partial charge in [0, 0.05) is 58.3 Å². The lowest BCUT2D eigenvalue weighted by atomic mass is 9.64. The average Bonchev–Trinajstić information content (AvgIpc) is 3.60. The van der Waals surface area contributed by atoms with Crippen molar-refractivity contribution >= 4 is 28.9 Å². The molecule has 1 aromatic heterocycles. The Kier molecular flexibility index (Phi) is 6.45. The first-order valence-electron chi connectivity index (χ1n) is 13.1. The van der Waals surface area contributed by atoms with Crippen LogP contribution in [0.4, 0.5) is 5.69 Å². The minimum Gasteiger partial charge on any atom is -0.366 e. The molecule has 1 saturated heterocycles. The number of aromatic amines is 1. The summed E-state index contributed by atoms with van der Waals surface area (Å²) in [4.78, 5) is 2.52. The highest BCUT2D eigenvalue weighted by Gasteiger charge is 2.57. The third-order valence-electron chi connectivity index (χ3n) is 8.09. The summed E-state index contributed by atoms with van der Waals surface area (Å²) in [5.74, 6) is 0.827. The minimum absolute atomic E-state index is 0.164. The van der Waals surface area contributed by atoms with Crippen molar-refractivity contribution in [3.05, 3.63) is 93.5 Å². The van der Waals surface area contributed by atoms with Crippen LogP contribution in [0.25, 0.3) is 11.4 Å². The summed E-state index contributed by atoms with van der Waals surface area (Å²) in [6.45, 7) is 9.52. The van der Waals surface area contributed by atoms with Gasteiger partial charge in [0.15, 0.2) is 0 Å². The van der Waals surface area contributed by atoms with E-state index in [4.69, 9.17) is 23.2 Å². The summed E-state index contributed by atoms with van der Waals surface area (Å²) < 4.78 is 0. The van der Waals surface area contributed by atoms with Gasteiger partial charge in [-0.2, -0.15) is 5.21 Å². The zero-order chi connectivity index (χ0) is 26.5. The van der Waals surface area contributed by atoms with Crippen LogP contribution in [-0.2, 0) is 12.0 Å². The van der Waals surface area contributed by atoms with Crippen molar-refractivity contribution in [1.29, 1.82) is 0 Å². The first-order valence-corrected chi connectivity index (χ1v) is 13.9. The van der Waals surface area contributed by atoms with Crippen molar-refractivity contribution in [2.45, 2.75) is 51.1 Å². The molecule has 0 aliphatic carbocycles. The quantitative estimate of drug-likeness (QED) is 0.294. The molecule has 2 aliphatic rings. The smallest absolute Gasteiger partial charge is 0.204 e. The monoisotopic (exact) mass is 546 g/mol. The van der Waals surface area contributed by atoms with E-state index in [-0.39, 0.29) is 22.8 Å². The number of hydrogen-bond donors (Lipinski definition) is 2. The van der Waals surface area contributed by atoms with Crippen LogP contribution in [0, 0.1) is 5.41 Å². The maximum absolute atomic E-state index is 6.84. The lowest BCUT2D eigenvalue weighted by Crippen LogP contribution is -2.48. The van der Waals surface area contributed by atoms with Gasteiger partial charge in [-0.1, -0.05) is 86.4 Å². The third-order valence-corrected chi connectivity index (χ3v) is 8.67. The summed E-state index contributed by atoms with van der Waals surface area (Å²) in [7, 11) is 0. The van der Waals surface area contributed by atoms with Gasteiger partial charge in [0.25, 0.3) is 0 Å². The third kappa shape index (κ3) is 4.49. The molecule has 0 saturated carbocycles. The van der Waals surface area contributed by atoms with Gasteiger partial charge in [0.2, 0.25) is 5.82 Å². The fourth-order valence-corrected chi connectivity index (χ4v) is 6.96. The Hall–Kier alpha value is -2.93. The normalized spacial score (nSPS) is 22.8. The Labute approximate surface area is 233 Å². The lowest BCUT2D eigenvalue weighted by molar-refractivity contribution is 0.256. The highest BCUT2D eigenvalue weighted by molar-refractivity contribution is 6.31. The van der Waals surface area contributed by atoms with Gasteiger partial charge in [-0.15, -0.1) is 10.2 Å². The van der Waals surface area contributed by atoms with Crippen molar-refractivity contribution in [2.24, 2.45) is 5.41 Å². The number of nitrogens with one attached hydrogen (secondary N) is 2. The van der Waals surface area contributed by atoms with E-state index in [1.54, 1.807) is 0 Å². The number of H-pyrrole nitrogens is 1. The number of aromatic nitrogens is 4. The largest absolute Gasteiger partial charge is 0.366 e. The summed E-state index contributed by atoms with van der Waals surface area (Å²) in [5, 5.41) is 19.9. The average molecular weight is 548 g/mol. The van der Waals surface area contributed by atoms with Crippen molar-refractivity contribution in [3.63, 3.8) is 0 Å². The van der Waals surface area contributed by atoms with E-state index in [1.807, 2.05) is 18.2 Å². The van der Waals surface area contributed by atoms with Crippen molar-refractivity contribution in [3.8, 4) is 11.4 Å². The van der Waals surface area contributed by atoms with Crippen LogP contribution in [0.5, 0.6) is 0 Å². The predicted molar refractivity (Wildman–Crippen MR) is 154 cm³/mol. The first-order chi connectivity index (χ1) is 18.2. The second-order valence-electron chi connectivity index (χ2n) is 11.8. The molecule has 1 spiro atoms. The molecular formula is C30H32Cl2N6. The number of fused-ring (bicyclic) bond motifs is 2. The van der Waals surface area contributed by atoms with Crippen LogP contribution in [0.1, 0.15) is 49.8 Å². The zero-order valence-corrected chi connectivity index (χ0v) is 23.4. The van der Waals surface area contributed by atoms with Crippen LogP contribution in [0.3, 0.4) is 0 Å². The molecule has 8 heteroatoms. The molecule has 2 aliphatic heterocycles. The molecule has 38 heavy (non-hydrogen) atoms. The maximum Gasteiger partial charge on any atom is 0.204 e. The van der Waals surface area contributed by atoms with Crippen molar-refractivity contribution < 1.29 is 0 Å². The van der Waals surface area contributed by atoms with Gasteiger partial charge in [-0.05, 0) is 58.0 Å². The van der Waals surface area contributed by atoms with Gasteiger partial charge in [0.1, 0.15) is 0 Å². The highest BCUT2D eigenvalue weighted by Crippen LogP contribution is 2.56. The summed E-state index contributed by atoms with van der Waals surface area (Å²) in [6.07, 6.45) is 1.05. The van der Waals surface area contributed by atoms with Gasteiger partial charge >= 0.3 is 0 Å². The number of anilines is 1. The number of halogens is 2. The second-order valence-corrected chi connectivity index (χ2v) is 12.6. The molecule has 6 rings (SSSR count). The Bertz CT molecular complexity index is 1430. The van der Waals surface area contributed by atoms with Gasteiger partial charge in [-0.25, -0.2) is 0 Å². The van der Waals surface area contributed by atoms with Gasteiger partial charge in [-0.3, -0.25) is 0 Å².